The molecule has 182 valence electrons. The van der Waals surface area contributed by atoms with E-state index in [1.165, 1.54) is 12.1 Å². The van der Waals surface area contributed by atoms with Crippen molar-refractivity contribution in [3.63, 3.8) is 0 Å². The van der Waals surface area contributed by atoms with Crippen LogP contribution in [0.25, 0.3) is 55.7 Å². The van der Waals surface area contributed by atoms with Gasteiger partial charge in [-0.1, -0.05) is 19.1 Å². The number of H-pyrrole nitrogens is 2. The minimum atomic E-state index is -0.293. The Morgan fingerprint density at radius 3 is 2.70 bits per heavy atom. The molecule has 0 fully saturated rings. The molecule has 37 heavy (non-hydrogen) atoms. The Kier molecular flexibility index (Phi) is 5.65. The third-order valence-corrected chi connectivity index (χ3v) is 6.17. The number of carbonyl (C=O) groups excluding carboxylic acids is 1. The van der Waals surface area contributed by atoms with Gasteiger partial charge in [-0.3, -0.25) is 14.9 Å². The Balaban J connectivity index is 1.40. The minimum absolute atomic E-state index is 0.0443. The van der Waals surface area contributed by atoms with Crippen molar-refractivity contribution < 1.29 is 9.18 Å². The van der Waals surface area contributed by atoms with Gasteiger partial charge in [0.05, 0.1) is 17.6 Å². The second-order valence-electron chi connectivity index (χ2n) is 8.77. The SMILES string of the molecule is CCCC(=O)Nc1cncc(-c2cnc3[nH]nc(-c4cc5c(-c6cccc(F)c6)ccnc5[nH]4)c3c2)c1. The summed E-state index contributed by atoms with van der Waals surface area (Å²) in [6, 6.07) is 14.2. The maximum Gasteiger partial charge on any atom is 0.224 e. The highest BCUT2D eigenvalue weighted by molar-refractivity contribution is 6.00. The van der Waals surface area contributed by atoms with Crippen molar-refractivity contribution in [3.8, 4) is 33.6 Å². The molecule has 0 aliphatic heterocycles. The first-order chi connectivity index (χ1) is 18.1. The highest BCUT2D eigenvalue weighted by Crippen LogP contribution is 2.34. The van der Waals surface area contributed by atoms with Crippen LogP contribution in [0.2, 0.25) is 0 Å². The van der Waals surface area contributed by atoms with Crippen molar-refractivity contribution in [2.45, 2.75) is 19.8 Å². The van der Waals surface area contributed by atoms with Gasteiger partial charge in [0.15, 0.2) is 5.65 Å². The molecule has 0 aliphatic rings. The number of nitrogens with one attached hydrogen (secondary N) is 3. The van der Waals surface area contributed by atoms with Gasteiger partial charge in [0.25, 0.3) is 0 Å². The number of amides is 1. The number of pyridine rings is 3. The highest BCUT2D eigenvalue weighted by Gasteiger charge is 2.16. The zero-order valence-corrected chi connectivity index (χ0v) is 19.9. The summed E-state index contributed by atoms with van der Waals surface area (Å²) in [5.74, 6) is -0.337. The van der Waals surface area contributed by atoms with Gasteiger partial charge in [0.1, 0.15) is 17.2 Å². The van der Waals surface area contributed by atoms with Crippen LogP contribution < -0.4 is 5.32 Å². The third-order valence-electron chi connectivity index (χ3n) is 6.17. The summed E-state index contributed by atoms with van der Waals surface area (Å²) >= 11 is 0. The van der Waals surface area contributed by atoms with Gasteiger partial charge in [-0.25, -0.2) is 14.4 Å². The monoisotopic (exact) mass is 491 g/mol. The fourth-order valence-corrected chi connectivity index (χ4v) is 4.45. The quantitative estimate of drug-likeness (QED) is 0.260. The van der Waals surface area contributed by atoms with Crippen molar-refractivity contribution >= 4 is 33.7 Å². The van der Waals surface area contributed by atoms with Crippen LogP contribution in [0.1, 0.15) is 19.8 Å². The number of aromatic amines is 2. The number of benzene rings is 1. The van der Waals surface area contributed by atoms with Crippen LogP contribution in [0.15, 0.2) is 73.3 Å². The summed E-state index contributed by atoms with van der Waals surface area (Å²) in [5, 5.41) is 12.1. The predicted molar refractivity (Wildman–Crippen MR) is 141 cm³/mol. The first-order valence-electron chi connectivity index (χ1n) is 11.9. The molecule has 5 aromatic heterocycles. The first-order valence-corrected chi connectivity index (χ1v) is 11.9. The molecule has 0 unspecified atom stereocenters. The van der Waals surface area contributed by atoms with E-state index in [0.717, 1.165) is 45.1 Å². The van der Waals surface area contributed by atoms with Gasteiger partial charge in [-0.15, -0.1) is 0 Å². The highest BCUT2D eigenvalue weighted by atomic mass is 19.1. The molecule has 9 heteroatoms. The van der Waals surface area contributed by atoms with Crippen LogP contribution in [0.5, 0.6) is 0 Å². The molecule has 3 N–H and O–H groups in total. The molecule has 5 heterocycles. The molecule has 0 atom stereocenters. The number of nitrogens with zero attached hydrogens (tertiary/aromatic N) is 4. The normalized spacial score (nSPS) is 11.3. The summed E-state index contributed by atoms with van der Waals surface area (Å²) < 4.78 is 13.9. The molecule has 0 bridgehead atoms. The Hall–Kier alpha value is -4.92. The number of carbonyl (C=O) groups is 1. The zero-order valence-electron chi connectivity index (χ0n) is 19.9. The molecule has 0 radical (unpaired) electrons. The van der Waals surface area contributed by atoms with Crippen molar-refractivity contribution in [1.29, 1.82) is 0 Å². The zero-order chi connectivity index (χ0) is 25.4. The van der Waals surface area contributed by atoms with Crippen molar-refractivity contribution in [2.24, 2.45) is 0 Å². The summed E-state index contributed by atoms with van der Waals surface area (Å²) in [7, 11) is 0. The van der Waals surface area contributed by atoms with Gasteiger partial charge in [-0.2, -0.15) is 5.10 Å². The van der Waals surface area contributed by atoms with E-state index in [1.54, 1.807) is 30.9 Å². The molecule has 0 spiro atoms. The average Bonchev–Trinajstić information content (AvgIpc) is 3.52. The van der Waals surface area contributed by atoms with E-state index < -0.39 is 0 Å². The summed E-state index contributed by atoms with van der Waals surface area (Å²) in [6.45, 7) is 1.96. The largest absolute Gasteiger partial charge is 0.338 e. The molecule has 0 aliphatic carbocycles. The Bertz CT molecular complexity index is 1770. The molecule has 8 nitrogen and oxygen atoms in total. The van der Waals surface area contributed by atoms with E-state index in [4.69, 9.17) is 0 Å². The van der Waals surface area contributed by atoms with Gasteiger partial charge in [0, 0.05) is 46.9 Å². The van der Waals surface area contributed by atoms with Crippen LogP contribution >= 0.6 is 0 Å². The number of rotatable bonds is 6. The van der Waals surface area contributed by atoms with Crippen LogP contribution in [0.3, 0.4) is 0 Å². The number of halogens is 1. The molecule has 0 saturated heterocycles. The van der Waals surface area contributed by atoms with Gasteiger partial charge >= 0.3 is 0 Å². The van der Waals surface area contributed by atoms with E-state index in [9.17, 15) is 9.18 Å². The smallest absolute Gasteiger partial charge is 0.224 e. The Labute approximate surface area is 211 Å². The lowest BCUT2D eigenvalue weighted by atomic mass is 10.0. The standard InChI is InChI=1S/C28H22FN7O/c1-2-4-25(37)33-20-10-17(13-30-15-20)18-11-23-26(35-36-28(23)32-14-18)24-12-22-21(7-8-31-27(22)34-24)16-5-3-6-19(29)9-16/h3,5-15H,2,4H2,1H3,(H,31,34)(H,33,37)(H,32,35,36). The summed E-state index contributed by atoms with van der Waals surface area (Å²) in [6.07, 6.45) is 8.03. The topological polar surface area (TPSA) is 112 Å². The Morgan fingerprint density at radius 2 is 1.84 bits per heavy atom. The second-order valence-corrected chi connectivity index (χ2v) is 8.77. The molecule has 1 aromatic carbocycles. The molecule has 6 rings (SSSR count). The van der Waals surface area contributed by atoms with Crippen LogP contribution in [-0.4, -0.2) is 36.0 Å². The fraction of sp³-hybridized carbons (Fsp3) is 0.107. The average molecular weight is 492 g/mol. The van der Waals surface area contributed by atoms with E-state index >= 15 is 0 Å². The van der Waals surface area contributed by atoms with E-state index in [0.29, 0.717) is 29.1 Å². The third kappa shape index (κ3) is 4.31. The number of hydrogen-bond acceptors (Lipinski definition) is 5. The van der Waals surface area contributed by atoms with E-state index in [-0.39, 0.29) is 11.7 Å². The van der Waals surface area contributed by atoms with Gasteiger partial charge in [0.2, 0.25) is 5.91 Å². The lowest BCUT2D eigenvalue weighted by Crippen LogP contribution is -2.10. The summed E-state index contributed by atoms with van der Waals surface area (Å²) in [4.78, 5) is 28.7. The van der Waals surface area contributed by atoms with Crippen molar-refractivity contribution in [1.82, 2.24) is 30.1 Å². The molecular weight excluding hydrogens is 469 g/mol. The number of aromatic nitrogens is 6. The lowest BCUT2D eigenvalue weighted by molar-refractivity contribution is -0.116. The van der Waals surface area contributed by atoms with Crippen LogP contribution in [0, 0.1) is 5.82 Å². The van der Waals surface area contributed by atoms with Crippen LogP contribution in [-0.2, 0) is 4.79 Å². The number of hydrogen-bond donors (Lipinski definition) is 3. The first kappa shape index (κ1) is 22.5. The number of anilines is 1. The predicted octanol–water partition coefficient (Wildman–Crippen LogP) is 6.11. The van der Waals surface area contributed by atoms with Gasteiger partial charge in [-0.05, 0) is 53.9 Å². The van der Waals surface area contributed by atoms with Crippen molar-refractivity contribution in [2.75, 3.05) is 5.32 Å². The molecule has 0 saturated carbocycles. The van der Waals surface area contributed by atoms with Gasteiger partial charge < -0.3 is 10.3 Å². The van der Waals surface area contributed by atoms with E-state index in [2.05, 4.69) is 35.5 Å². The molecule has 6 aromatic rings. The molecular formula is C28H22FN7O. The molecule has 1 amide bonds. The van der Waals surface area contributed by atoms with E-state index in [1.807, 2.05) is 37.3 Å². The fourth-order valence-electron chi connectivity index (χ4n) is 4.45. The Morgan fingerprint density at radius 1 is 0.946 bits per heavy atom. The number of fused-ring (bicyclic) bond motifs is 2. The summed E-state index contributed by atoms with van der Waals surface area (Å²) in [5.41, 5.74) is 6.70. The lowest BCUT2D eigenvalue weighted by Gasteiger charge is -2.07. The van der Waals surface area contributed by atoms with Crippen LogP contribution in [0.4, 0.5) is 10.1 Å². The maximum absolute atomic E-state index is 13.9. The minimum Gasteiger partial charge on any atom is -0.338 e. The van der Waals surface area contributed by atoms with Crippen molar-refractivity contribution in [3.05, 3.63) is 79.1 Å². The second kappa shape index (κ2) is 9.27. The maximum atomic E-state index is 13.9.